The van der Waals surface area contributed by atoms with E-state index in [4.69, 9.17) is 5.11 Å². The maximum absolute atomic E-state index is 13.1. The van der Waals surface area contributed by atoms with Gasteiger partial charge in [0.2, 0.25) is 0 Å². The van der Waals surface area contributed by atoms with E-state index in [1.54, 1.807) is 0 Å². The molecule has 2 rings (SSSR count). The molecular formula is C12H12F2O4S. The minimum absolute atomic E-state index is 0.0814. The minimum Gasteiger partial charge on any atom is -0.481 e. The molecule has 1 N–H and O–H groups in total. The van der Waals surface area contributed by atoms with Crippen molar-refractivity contribution < 1.29 is 27.1 Å². The normalized spacial score (nSPS) is 21.1. The molecule has 1 atom stereocenters. The summed E-state index contributed by atoms with van der Waals surface area (Å²) >= 11 is 0. The number of carboxylic acids is 1. The Kier molecular flexibility index (Phi) is 3.34. The van der Waals surface area contributed by atoms with E-state index in [1.807, 2.05) is 0 Å². The van der Waals surface area contributed by atoms with Gasteiger partial charge in [0, 0.05) is 6.42 Å². The van der Waals surface area contributed by atoms with Gasteiger partial charge in [-0.1, -0.05) is 18.2 Å². The Labute approximate surface area is 109 Å². The summed E-state index contributed by atoms with van der Waals surface area (Å²) in [5, 5.41) is 8.51. The topological polar surface area (TPSA) is 71.4 Å². The fraction of sp³-hybridized carbons (Fsp3) is 0.417. The molecule has 1 saturated carbocycles. The maximum atomic E-state index is 13.1. The van der Waals surface area contributed by atoms with Gasteiger partial charge in [0.05, 0.1) is 23.0 Å². The Balaban J connectivity index is 2.32. The standard InChI is InChI=1S/C12H12F2O4S/c13-12(14)7-9(12)8-3-1-2-4-10(8)19(17,18)6-5-11(15)16/h1-4,9H,5-7H2,(H,15,16). The van der Waals surface area contributed by atoms with E-state index in [9.17, 15) is 22.0 Å². The van der Waals surface area contributed by atoms with E-state index in [-0.39, 0.29) is 16.9 Å². The second-order valence-corrected chi connectivity index (χ2v) is 6.60. The van der Waals surface area contributed by atoms with Crippen LogP contribution in [0.4, 0.5) is 8.78 Å². The van der Waals surface area contributed by atoms with Crippen LogP contribution < -0.4 is 0 Å². The van der Waals surface area contributed by atoms with Crippen LogP contribution in [0.25, 0.3) is 0 Å². The summed E-state index contributed by atoms with van der Waals surface area (Å²) in [6, 6.07) is 5.55. The highest BCUT2D eigenvalue weighted by molar-refractivity contribution is 7.91. The van der Waals surface area contributed by atoms with E-state index in [1.165, 1.54) is 24.3 Å². The SMILES string of the molecule is O=C(O)CCS(=O)(=O)c1ccccc1C1CC1(F)F. The number of carbonyl (C=O) groups is 1. The van der Waals surface area contributed by atoms with Crippen molar-refractivity contribution in [3.8, 4) is 0 Å². The number of benzene rings is 1. The van der Waals surface area contributed by atoms with Crippen LogP contribution in [0.2, 0.25) is 0 Å². The molecule has 4 nitrogen and oxygen atoms in total. The van der Waals surface area contributed by atoms with Gasteiger partial charge in [-0.05, 0) is 11.6 Å². The number of sulfone groups is 1. The molecule has 0 aromatic heterocycles. The molecule has 1 fully saturated rings. The molecule has 0 amide bonds. The Morgan fingerprint density at radius 1 is 1.37 bits per heavy atom. The molecule has 0 aliphatic heterocycles. The average Bonchev–Trinajstić information content (AvgIpc) is 2.96. The van der Waals surface area contributed by atoms with Crippen LogP contribution >= 0.6 is 0 Å². The van der Waals surface area contributed by atoms with E-state index in [2.05, 4.69) is 0 Å². The lowest BCUT2D eigenvalue weighted by Gasteiger charge is -2.09. The van der Waals surface area contributed by atoms with Crippen molar-refractivity contribution in [1.29, 1.82) is 0 Å². The predicted molar refractivity (Wildman–Crippen MR) is 63.1 cm³/mol. The van der Waals surface area contributed by atoms with Gasteiger partial charge in [-0.2, -0.15) is 0 Å². The molecule has 0 heterocycles. The van der Waals surface area contributed by atoms with E-state index in [0.29, 0.717) is 0 Å². The summed E-state index contributed by atoms with van der Waals surface area (Å²) in [4.78, 5) is 10.2. The highest BCUT2D eigenvalue weighted by Gasteiger charge is 2.58. The summed E-state index contributed by atoms with van der Waals surface area (Å²) in [6.45, 7) is 0. The molecule has 0 spiro atoms. The first-order chi connectivity index (χ1) is 8.74. The van der Waals surface area contributed by atoms with E-state index < -0.39 is 39.8 Å². The highest BCUT2D eigenvalue weighted by atomic mass is 32.2. The quantitative estimate of drug-likeness (QED) is 0.901. The fourth-order valence-electron chi connectivity index (χ4n) is 1.93. The van der Waals surface area contributed by atoms with Crippen LogP contribution in [0.3, 0.4) is 0 Å². The Morgan fingerprint density at radius 2 is 1.95 bits per heavy atom. The molecular weight excluding hydrogens is 278 g/mol. The van der Waals surface area contributed by atoms with Gasteiger partial charge in [-0.25, -0.2) is 17.2 Å². The van der Waals surface area contributed by atoms with Crippen molar-refractivity contribution in [3.63, 3.8) is 0 Å². The van der Waals surface area contributed by atoms with Gasteiger partial charge in [0.25, 0.3) is 5.92 Å². The highest BCUT2D eigenvalue weighted by Crippen LogP contribution is 2.56. The summed E-state index contributed by atoms with van der Waals surface area (Å²) in [6.07, 6.45) is -0.907. The molecule has 0 bridgehead atoms. The van der Waals surface area contributed by atoms with Crippen LogP contribution in [0, 0.1) is 0 Å². The first kappa shape index (κ1) is 13.9. The number of halogens is 2. The Morgan fingerprint density at radius 3 is 2.47 bits per heavy atom. The molecule has 19 heavy (non-hydrogen) atoms. The number of aliphatic carboxylic acids is 1. The third kappa shape index (κ3) is 2.91. The third-order valence-electron chi connectivity index (χ3n) is 3.04. The van der Waals surface area contributed by atoms with Crippen LogP contribution in [0.1, 0.15) is 24.3 Å². The summed E-state index contributed by atoms with van der Waals surface area (Å²) in [7, 11) is -3.86. The smallest absolute Gasteiger partial charge is 0.304 e. The summed E-state index contributed by atoms with van der Waals surface area (Å²) in [5.41, 5.74) is 0.0814. The number of rotatable bonds is 5. The number of hydrogen-bond donors (Lipinski definition) is 1. The largest absolute Gasteiger partial charge is 0.481 e. The zero-order valence-electron chi connectivity index (χ0n) is 9.84. The van der Waals surface area contributed by atoms with Crippen molar-refractivity contribution in [3.05, 3.63) is 29.8 Å². The lowest BCUT2D eigenvalue weighted by Crippen LogP contribution is -2.13. The molecule has 1 aromatic carbocycles. The second-order valence-electron chi connectivity index (χ2n) is 4.52. The third-order valence-corrected chi connectivity index (χ3v) is 4.82. The molecule has 1 aliphatic rings. The van der Waals surface area contributed by atoms with Crippen molar-refractivity contribution >= 4 is 15.8 Å². The number of alkyl halides is 2. The van der Waals surface area contributed by atoms with Crippen molar-refractivity contribution in [2.24, 2.45) is 0 Å². The minimum atomic E-state index is -3.86. The molecule has 1 aromatic rings. The molecule has 104 valence electrons. The van der Waals surface area contributed by atoms with Gasteiger partial charge in [-0.15, -0.1) is 0 Å². The Hall–Kier alpha value is -1.50. The molecule has 7 heteroatoms. The fourth-order valence-corrected chi connectivity index (χ4v) is 3.45. The van der Waals surface area contributed by atoms with Crippen LogP contribution in [0.5, 0.6) is 0 Å². The zero-order valence-corrected chi connectivity index (χ0v) is 10.7. The maximum Gasteiger partial charge on any atom is 0.304 e. The van der Waals surface area contributed by atoms with Crippen LogP contribution in [-0.4, -0.2) is 31.2 Å². The Bertz CT molecular complexity index is 610. The number of carboxylic acid groups (broad SMARTS) is 1. The monoisotopic (exact) mass is 290 g/mol. The predicted octanol–water partition coefficient (Wildman–Crippen LogP) is 2.06. The molecule has 1 aliphatic carbocycles. The van der Waals surface area contributed by atoms with Gasteiger partial charge >= 0.3 is 5.97 Å². The van der Waals surface area contributed by atoms with Gasteiger partial charge in [-0.3, -0.25) is 4.79 Å². The number of hydrogen-bond acceptors (Lipinski definition) is 3. The summed E-state index contributed by atoms with van der Waals surface area (Å²) < 4.78 is 50.1. The average molecular weight is 290 g/mol. The van der Waals surface area contributed by atoms with E-state index in [0.717, 1.165) is 0 Å². The first-order valence-corrected chi connectivity index (χ1v) is 7.30. The molecule has 0 radical (unpaired) electrons. The van der Waals surface area contributed by atoms with Crippen LogP contribution in [-0.2, 0) is 14.6 Å². The first-order valence-electron chi connectivity index (χ1n) is 5.65. The van der Waals surface area contributed by atoms with Gasteiger partial charge in [0.15, 0.2) is 9.84 Å². The van der Waals surface area contributed by atoms with Crippen molar-refractivity contribution in [2.75, 3.05) is 5.75 Å². The van der Waals surface area contributed by atoms with E-state index >= 15 is 0 Å². The van der Waals surface area contributed by atoms with Crippen molar-refractivity contribution in [2.45, 2.75) is 29.6 Å². The molecule has 0 saturated heterocycles. The lowest BCUT2D eigenvalue weighted by atomic mass is 10.1. The van der Waals surface area contributed by atoms with Gasteiger partial charge < -0.3 is 5.11 Å². The van der Waals surface area contributed by atoms with Crippen LogP contribution in [0.15, 0.2) is 29.2 Å². The van der Waals surface area contributed by atoms with Crippen molar-refractivity contribution in [1.82, 2.24) is 0 Å². The van der Waals surface area contributed by atoms with Gasteiger partial charge in [0.1, 0.15) is 0 Å². The zero-order chi connectivity index (χ0) is 14.3. The summed E-state index contributed by atoms with van der Waals surface area (Å²) in [5.74, 6) is -5.77. The lowest BCUT2D eigenvalue weighted by molar-refractivity contribution is -0.136. The second kappa shape index (κ2) is 4.56. The molecule has 1 unspecified atom stereocenters.